The molecule has 0 bridgehead atoms. The second-order valence-electron chi connectivity index (χ2n) is 1.33. The van der Waals surface area contributed by atoms with Gasteiger partial charge in [0.1, 0.15) is 5.34 Å². The van der Waals surface area contributed by atoms with Gasteiger partial charge in [0.2, 0.25) is 0 Å². The molecule has 0 amide bonds. The highest BCUT2D eigenvalue weighted by atomic mass is 19.4. The van der Waals surface area contributed by atoms with Crippen molar-refractivity contribution in [1.82, 2.24) is 9.97 Å². The van der Waals surface area contributed by atoms with Gasteiger partial charge in [-0.3, -0.25) is 0 Å². The summed E-state index contributed by atoms with van der Waals surface area (Å²) < 4.78 is 23.1. The quantitative estimate of drug-likeness (QED) is 0.534. The average Bonchev–Trinajstić information content (AvgIpc) is 1.90. The van der Waals surface area contributed by atoms with Crippen LogP contribution in [0.15, 0.2) is 18.5 Å². The van der Waals surface area contributed by atoms with Crippen LogP contribution in [0, 0.1) is 0 Å². The highest BCUT2D eigenvalue weighted by Crippen LogP contribution is 1.84. The fraction of sp³-hybridized carbons (Fsp3) is 0. The second-order valence-corrected chi connectivity index (χ2v) is 1.33. The molecular formula is C4H4F2N3+. The lowest BCUT2D eigenvalue weighted by Crippen LogP contribution is -2.91. The molecule has 1 N–H and O–H groups in total. The van der Waals surface area contributed by atoms with Crippen LogP contribution in [-0.2, 0) is 0 Å². The van der Waals surface area contributed by atoms with Gasteiger partial charge in [-0.2, -0.15) is 9.97 Å². The largest absolute Gasteiger partial charge is 0.406 e. The number of hydrogen-bond acceptors (Lipinski definition) is 2. The lowest BCUT2D eigenvalue weighted by Gasteiger charge is -1.86. The first kappa shape index (κ1) is 6.03. The minimum absolute atomic E-state index is 0.502. The molecule has 0 spiro atoms. The van der Waals surface area contributed by atoms with Crippen molar-refractivity contribution in [2.45, 2.75) is 0 Å². The summed E-state index contributed by atoms with van der Waals surface area (Å²) in [5.74, 6) is -0.502. The predicted molar refractivity (Wildman–Crippen MR) is 24.9 cm³/mol. The Balaban J connectivity index is 2.85. The summed E-state index contributed by atoms with van der Waals surface area (Å²) in [4.78, 5) is 6.56. The molecule has 0 fully saturated rings. The molecule has 1 aromatic rings. The summed E-state index contributed by atoms with van der Waals surface area (Å²) in [5, 5.41) is -1.85. The van der Waals surface area contributed by atoms with E-state index in [0.717, 1.165) is 0 Å². The zero-order chi connectivity index (χ0) is 6.69. The van der Waals surface area contributed by atoms with Gasteiger partial charge in [0.25, 0.3) is 0 Å². The van der Waals surface area contributed by atoms with Gasteiger partial charge in [-0.05, 0) is 6.07 Å². The molecule has 0 aliphatic heterocycles. The van der Waals surface area contributed by atoms with Gasteiger partial charge in [0.05, 0.1) is 0 Å². The minimum atomic E-state index is -1.85. The lowest BCUT2D eigenvalue weighted by atomic mass is 10.7. The van der Waals surface area contributed by atoms with Crippen molar-refractivity contribution < 1.29 is 14.3 Å². The van der Waals surface area contributed by atoms with E-state index in [0.29, 0.717) is 0 Å². The second kappa shape index (κ2) is 2.45. The number of nitrogens with one attached hydrogen (secondary N) is 1. The topological polar surface area (TPSA) is 30.2 Å². The Hall–Kier alpha value is -1.10. The number of rotatable bonds is 1. The van der Waals surface area contributed by atoms with Crippen molar-refractivity contribution in [3.8, 4) is 0 Å². The molecule has 0 radical (unpaired) electrons. The van der Waals surface area contributed by atoms with Crippen molar-refractivity contribution >= 4 is 5.95 Å². The zero-order valence-corrected chi connectivity index (χ0v) is 4.38. The monoisotopic (exact) mass is 132 g/mol. The van der Waals surface area contributed by atoms with E-state index in [1.54, 1.807) is 0 Å². The van der Waals surface area contributed by atoms with Crippen LogP contribution in [0.2, 0.25) is 0 Å². The van der Waals surface area contributed by atoms with Crippen LogP contribution in [0.25, 0.3) is 0 Å². The van der Waals surface area contributed by atoms with Crippen LogP contribution in [0.5, 0.6) is 0 Å². The lowest BCUT2D eigenvalue weighted by molar-refractivity contribution is -1.11. The predicted octanol–water partition coefficient (Wildman–Crippen LogP) is -0.238. The van der Waals surface area contributed by atoms with E-state index in [-0.39, 0.29) is 0 Å². The van der Waals surface area contributed by atoms with Crippen molar-refractivity contribution in [2.24, 2.45) is 0 Å². The average molecular weight is 132 g/mol. The minimum Gasteiger partial charge on any atom is -0.180 e. The molecule has 5 heteroatoms. The number of aromatic nitrogens is 2. The number of quaternary nitrogens is 1. The standard InChI is InChI=1S/C4H3F2N3/c5-9(6)4-7-2-1-3-8-4/h1-3H/p+1. The van der Waals surface area contributed by atoms with Gasteiger partial charge < -0.3 is 0 Å². The first-order valence-corrected chi connectivity index (χ1v) is 2.26. The van der Waals surface area contributed by atoms with Gasteiger partial charge >= 0.3 is 5.95 Å². The third kappa shape index (κ3) is 1.39. The molecule has 0 aromatic carbocycles. The molecule has 3 nitrogen and oxygen atoms in total. The van der Waals surface area contributed by atoms with Gasteiger partial charge in [-0.15, -0.1) is 0 Å². The summed E-state index contributed by atoms with van der Waals surface area (Å²) in [6.45, 7) is 0. The van der Waals surface area contributed by atoms with Gasteiger partial charge in [-0.25, -0.2) is 0 Å². The molecule has 9 heavy (non-hydrogen) atoms. The van der Waals surface area contributed by atoms with E-state index >= 15 is 0 Å². The van der Waals surface area contributed by atoms with Gasteiger partial charge in [0.15, 0.2) is 0 Å². The van der Waals surface area contributed by atoms with E-state index < -0.39 is 11.3 Å². The van der Waals surface area contributed by atoms with Crippen LogP contribution in [0.1, 0.15) is 0 Å². The van der Waals surface area contributed by atoms with E-state index in [1.165, 1.54) is 18.5 Å². The maximum Gasteiger partial charge on any atom is 0.406 e. The smallest absolute Gasteiger partial charge is 0.180 e. The number of halogens is 2. The van der Waals surface area contributed by atoms with Crippen LogP contribution >= 0.6 is 0 Å². The Bertz CT molecular complexity index is 176. The molecule has 0 saturated carbocycles. The third-order valence-electron chi connectivity index (χ3n) is 0.735. The SMILES string of the molecule is F[NH+](F)c1ncccn1. The Morgan fingerprint density at radius 2 is 1.78 bits per heavy atom. The number of hydrogen-bond donors (Lipinski definition) is 1. The molecule has 0 aliphatic carbocycles. The molecule has 0 saturated heterocycles. The normalized spacial score (nSPS) is 10.1. The van der Waals surface area contributed by atoms with Crippen molar-refractivity contribution in [2.75, 3.05) is 0 Å². The molecule has 1 rings (SSSR count). The molecule has 1 aromatic heterocycles. The first-order chi connectivity index (χ1) is 4.30. The third-order valence-corrected chi connectivity index (χ3v) is 0.735. The van der Waals surface area contributed by atoms with Crippen LogP contribution in [-0.4, -0.2) is 9.97 Å². The maximum atomic E-state index is 11.6. The molecule has 0 unspecified atom stereocenters. The van der Waals surface area contributed by atoms with Crippen molar-refractivity contribution in [3.63, 3.8) is 0 Å². The highest BCUT2D eigenvalue weighted by molar-refractivity contribution is 4.98. The van der Waals surface area contributed by atoms with E-state index in [1.807, 2.05) is 0 Å². The Morgan fingerprint density at radius 1 is 1.22 bits per heavy atom. The summed E-state index contributed by atoms with van der Waals surface area (Å²) in [5.41, 5.74) is 0. The fourth-order valence-corrected chi connectivity index (χ4v) is 0.397. The molecule has 48 valence electrons. The van der Waals surface area contributed by atoms with E-state index in [2.05, 4.69) is 9.97 Å². The van der Waals surface area contributed by atoms with Gasteiger partial charge in [0, 0.05) is 21.4 Å². The maximum absolute atomic E-state index is 11.6. The molecule has 0 aliphatic rings. The molecule has 1 heterocycles. The Kier molecular flexibility index (Phi) is 1.64. The van der Waals surface area contributed by atoms with Crippen molar-refractivity contribution in [3.05, 3.63) is 18.5 Å². The summed E-state index contributed by atoms with van der Waals surface area (Å²) in [7, 11) is 0. The Labute approximate surface area is 49.8 Å². The van der Waals surface area contributed by atoms with E-state index in [9.17, 15) is 8.96 Å². The Morgan fingerprint density at radius 3 is 2.11 bits per heavy atom. The zero-order valence-electron chi connectivity index (χ0n) is 4.38. The van der Waals surface area contributed by atoms with Crippen molar-refractivity contribution in [1.29, 1.82) is 0 Å². The van der Waals surface area contributed by atoms with E-state index in [4.69, 9.17) is 0 Å². The van der Waals surface area contributed by atoms with Crippen LogP contribution in [0.3, 0.4) is 0 Å². The molecule has 0 atom stereocenters. The van der Waals surface area contributed by atoms with Crippen LogP contribution < -0.4 is 5.34 Å². The summed E-state index contributed by atoms with van der Waals surface area (Å²) in [6, 6.07) is 1.48. The number of nitrogens with zero attached hydrogens (tertiary/aromatic N) is 2. The highest BCUT2D eigenvalue weighted by Gasteiger charge is 2.11. The first-order valence-electron chi connectivity index (χ1n) is 2.26. The van der Waals surface area contributed by atoms with Gasteiger partial charge in [-0.1, -0.05) is 0 Å². The summed E-state index contributed by atoms with van der Waals surface area (Å²) in [6.07, 6.45) is 2.53. The molecular weight excluding hydrogens is 128 g/mol. The summed E-state index contributed by atoms with van der Waals surface area (Å²) >= 11 is 0. The fourth-order valence-electron chi connectivity index (χ4n) is 0.397. The van der Waals surface area contributed by atoms with Crippen LogP contribution in [0.4, 0.5) is 14.9 Å².